The van der Waals surface area contributed by atoms with Crippen molar-refractivity contribution in [1.82, 2.24) is 5.32 Å². The molecular weight excluding hydrogens is 152 g/mol. The first-order valence-electron chi connectivity index (χ1n) is 3.87. The third-order valence-corrected chi connectivity index (χ3v) is 2.20. The SMILES string of the molecule is FC1(F)CC2COCC(C1)N2. The summed E-state index contributed by atoms with van der Waals surface area (Å²) in [6.07, 6.45) is -0.132. The number of rotatable bonds is 0. The first-order valence-corrected chi connectivity index (χ1v) is 3.87. The molecule has 0 spiro atoms. The normalized spacial score (nSPS) is 42.0. The highest BCUT2D eigenvalue weighted by Gasteiger charge is 2.42. The first kappa shape index (κ1) is 7.43. The summed E-state index contributed by atoms with van der Waals surface area (Å²) in [6, 6.07) is -0.255. The highest BCUT2D eigenvalue weighted by molar-refractivity contribution is 4.92. The number of halogens is 2. The predicted molar refractivity (Wildman–Crippen MR) is 35.7 cm³/mol. The highest BCUT2D eigenvalue weighted by atomic mass is 19.3. The van der Waals surface area contributed by atoms with Crippen molar-refractivity contribution >= 4 is 0 Å². The maximum atomic E-state index is 12.8. The molecule has 4 heteroatoms. The molecule has 11 heavy (non-hydrogen) atoms. The minimum absolute atomic E-state index is 0.0660. The van der Waals surface area contributed by atoms with Gasteiger partial charge in [0.25, 0.3) is 5.92 Å². The number of alkyl halides is 2. The third-order valence-electron chi connectivity index (χ3n) is 2.20. The Kier molecular flexibility index (Phi) is 1.61. The maximum Gasteiger partial charge on any atom is 0.251 e. The van der Waals surface area contributed by atoms with Gasteiger partial charge < -0.3 is 10.1 Å². The Bertz CT molecular complexity index is 149. The summed E-state index contributed by atoms with van der Waals surface area (Å²) in [5.41, 5.74) is 0. The van der Waals surface area contributed by atoms with Gasteiger partial charge in [0, 0.05) is 24.9 Å². The first-order chi connectivity index (χ1) is 5.16. The second-order valence-corrected chi connectivity index (χ2v) is 3.36. The van der Waals surface area contributed by atoms with Crippen molar-refractivity contribution in [2.24, 2.45) is 0 Å². The van der Waals surface area contributed by atoms with Crippen LogP contribution in [0.4, 0.5) is 8.78 Å². The van der Waals surface area contributed by atoms with E-state index in [1.165, 1.54) is 0 Å². The summed E-state index contributed by atoms with van der Waals surface area (Å²) in [5.74, 6) is -2.47. The summed E-state index contributed by atoms with van der Waals surface area (Å²) >= 11 is 0. The van der Waals surface area contributed by atoms with Crippen molar-refractivity contribution in [2.75, 3.05) is 13.2 Å². The Labute approximate surface area is 63.9 Å². The molecule has 2 atom stereocenters. The van der Waals surface area contributed by atoms with Crippen LogP contribution in [-0.4, -0.2) is 31.2 Å². The van der Waals surface area contributed by atoms with Gasteiger partial charge >= 0.3 is 0 Å². The number of hydrogen-bond acceptors (Lipinski definition) is 2. The molecule has 0 aromatic carbocycles. The van der Waals surface area contributed by atoms with Gasteiger partial charge in [0.1, 0.15) is 0 Å². The van der Waals surface area contributed by atoms with Crippen LogP contribution in [0.2, 0.25) is 0 Å². The molecule has 0 aromatic rings. The van der Waals surface area contributed by atoms with E-state index in [2.05, 4.69) is 5.32 Å². The van der Waals surface area contributed by atoms with E-state index >= 15 is 0 Å². The molecule has 2 aliphatic heterocycles. The molecule has 0 radical (unpaired) electrons. The van der Waals surface area contributed by atoms with Crippen molar-refractivity contribution in [3.8, 4) is 0 Å². The Morgan fingerprint density at radius 3 is 2.27 bits per heavy atom. The van der Waals surface area contributed by atoms with Gasteiger partial charge in [-0.25, -0.2) is 8.78 Å². The van der Waals surface area contributed by atoms with Crippen LogP contribution < -0.4 is 5.32 Å². The maximum absolute atomic E-state index is 12.8. The molecule has 0 aliphatic carbocycles. The minimum atomic E-state index is -2.47. The van der Waals surface area contributed by atoms with Crippen LogP contribution in [0.15, 0.2) is 0 Å². The molecule has 2 nitrogen and oxygen atoms in total. The van der Waals surface area contributed by atoms with Gasteiger partial charge in [0.2, 0.25) is 0 Å². The fraction of sp³-hybridized carbons (Fsp3) is 1.00. The molecule has 2 heterocycles. The van der Waals surface area contributed by atoms with Gasteiger partial charge in [0.15, 0.2) is 0 Å². The zero-order chi connectivity index (χ0) is 7.90. The number of ether oxygens (including phenoxy) is 1. The zero-order valence-corrected chi connectivity index (χ0v) is 6.15. The minimum Gasteiger partial charge on any atom is -0.378 e. The van der Waals surface area contributed by atoms with Gasteiger partial charge in [-0.15, -0.1) is 0 Å². The third kappa shape index (κ3) is 1.51. The van der Waals surface area contributed by atoms with Gasteiger partial charge in [-0.3, -0.25) is 0 Å². The predicted octanol–water partition coefficient (Wildman–Crippen LogP) is 0.772. The summed E-state index contributed by atoms with van der Waals surface area (Å²) in [5, 5.41) is 3.10. The lowest BCUT2D eigenvalue weighted by molar-refractivity contribution is -0.100. The molecule has 64 valence electrons. The molecule has 0 aromatic heterocycles. The second kappa shape index (κ2) is 2.38. The van der Waals surface area contributed by atoms with Crippen LogP contribution in [0.1, 0.15) is 12.8 Å². The van der Waals surface area contributed by atoms with E-state index in [1.54, 1.807) is 0 Å². The van der Waals surface area contributed by atoms with Crippen molar-refractivity contribution < 1.29 is 13.5 Å². The number of nitrogens with one attached hydrogen (secondary N) is 1. The van der Waals surface area contributed by atoms with Crippen LogP contribution >= 0.6 is 0 Å². The molecule has 0 amide bonds. The van der Waals surface area contributed by atoms with Crippen LogP contribution in [0, 0.1) is 0 Å². The molecule has 2 aliphatic rings. The van der Waals surface area contributed by atoms with E-state index in [-0.39, 0.29) is 24.9 Å². The van der Waals surface area contributed by atoms with E-state index in [0.717, 1.165) is 0 Å². The topological polar surface area (TPSA) is 21.3 Å². The molecule has 2 saturated heterocycles. The number of piperidine rings is 1. The molecule has 2 fully saturated rings. The molecule has 2 bridgehead atoms. The van der Waals surface area contributed by atoms with Gasteiger partial charge in [-0.05, 0) is 0 Å². The smallest absolute Gasteiger partial charge is 0.251 e. The van der Waals surface area contributed by atoms with E-state index in [4.69, 9.17) is 4.74 Å². The number of morpholine rings is 1. The van der Waals surface area contributed by atoms with Crippen LogP contribution in [0.25, 0.3) is 0 Å². The number of hydrogen-bond donors (Lipinski definition) is 1. The lowest BCUT2D eigenvalue weighted by Crippen LogP contribution is -2.57. The summed E-state index contributed by atoms with van der Waals surface area (Å²) in [7, 11) is 0. The average molecular weight is 163 g/mol. The van der Waals surface area contributed by atoms with Gasteiger partial charge in [-0.2, -0.15) is 0 Å². The quantitative estimate of drug-likeness (QED) is 0.569. The van der Waals surface area contributed by atoms with Crippen molar-refractivity contribution in [3.05, 3.63) is 0 Å². The molecule has 2 unspecified atom stereocenters. The van der Waals surface area contributed by atoms with E-state index in [1.807, 2.05) is 0 Å². The fourth-order valence-corrected chi connectivity index (χ4v) is 1.82. The van der Waals surface area contributed by atoms with E-state index in [9.17, 15) is 8.78 Å². The lowest BCUT2D eigenvalue weighted by atomic mass is 9.94. The zero-order valence-electron chi connectivity index (χ0n) is 6.15. The summed E-state index contributed by atoms with van der Waals surface area (Å²) in [4.78, 5) is 0. The van der Waals surface area contributed by atoms with E-state index in [0.29, 0.717) is 13.2 Å². The Hall–Kier alpha value is -0.220. The Balaban J connectivity index is 2.05. The van der Waals surface area contributed by atoms with Crippen molar-refractivity contribution in [1.29, 1.82) is 0 Å². The van der Waals surface area contributed by atoms with Crippen molar-refractivity contribution in [2.45, 2.75) is 30.8 Å². The van der Waals surface area contributed by atoms with Crippen LogP contribution in [0.5, 0.6) is 0 Å². The van der Waals surface area contributed by atoms with Gasteiger partial charge in [-0.1, -0.05) is 0 Å². The van der Waals surface area contributed by atoms with Crippen molar-refractivity contribution in [3.63, 3.8) is 0 Å². The van der Waals surface area contributed by atoms with Crippen LogP contribution in [-0.2, 0) is 4.74 Å². The molecular formula is C7H11F2NO. The molecule has 2 rings (SSSR count). The Morgan fingerprint density at radius 1 is 1.18 bits per heavy atom. The van der Waals surface area contributed by atoms with Crippen LogP contribution in [0.3, 0.4) is 0 Å². The monoisotopic (exact) mass is 163 g/mol. The summed E-state index contributed by atoms with van der Waals surface area (Å²) in [6.45, 7) is 0.873. The average Bonchev–Trinajstić information content (AvgIpc) is 1.82. The fourth-order valence-electron chi connectivity index (χ4n) is 1.82. The lowest BCUT2D eigenvalue weighted by Gasteiger charge is -2.39. The number of fused-ring (bicyclic) bond motifs is 2. The van der Waals surface area contributed by atoms with E-state index < -0.39 is 5.92 Å². The highest BCUT2D eigenvalue weighted by Crippen LogP contribution is 2.32. The Morgan fingerprint density at radius 2 is 1.73 bits per heavy atom. The molecule has 0 saturated carbocycles. The largest absolute Gasteiger partial charge is 0.378 e. The standard InChI is InChI=1S/C7H11F2NO/c8-7(9)1-5-3-11-4-6(2-7)10-5/h5-6,10H,1-4H2. The second-order valence-electron chi connectivity index (χ2n) is 3.36. The van der Waals surface area contributed by atoms with Gasteiger partial charge in [0.05, 0.1) is 13.2 Å². The molecule has 1 N–H and O–H groups in total. The summed E-state index contributed by atoms with van der Waals surface area (Å²) < 4.78 is 30.8.